The molecule has 1 aliphatic heterocycles. The number of thioether (sulfide) groups is 1. The molecule has 0 radical (unpaired) electrons. The summed E-state index contributed by atoms with van der Waals surface area (Å²) in [7, 11) is 0. The smallest absolute Gasteiger partial charge is 0.255 e. The summed E-state index contributed by atoms with van der Waals surface area (Å²) >= 11 is 1.50. The first-order chi connectivity index (χ1) is 13.9. The van der Waals surface area contributed by atoms with E-state index in [1.807, 2.05) is 6.92 Å². The van der Waals surface area contributed by atoms with Gasteiger partial charge in [-0.05, 0) is 37.3 Å². The van der Waals surface area contributed by atoms with Gasteiger partial charge in [0.25, 0.3) is 5.91 Å². The molecule has 2 aromatic rings. The first-order valence-corrected chi connectivity index (χ1v) is 10.4. The first kappa shape index (κ1) is 21.2. The average molecular weight is 418 g/mol. The van der Waals surface area contributed by atoms with Crippen LogP contribution in [0.15, 0.2) is 47.6 Å². The molecule has 1 aromatic heterocycles. The van der Waals surface area contributed by atoms with Gasteiger partial charge in [-0.15, -0.1) is 11.8 Å². The van der Waals surface area contributed by atoms with Crippen molar-refractivity contribution in [3.63, 3.8) is 0 Å². The molecule has 0 saturated carbocycles. The van der Waals surface area contributed by atoms with Gasteiger partial charge in [0.05, 0.1) is 18.0 Å². The SMILES string of the molecule is C[C@H]1CN(C(=O)C[C@H](N)CSc2ccc(F)cc2)CCN1C(=O)c1ccnnc1. The van der Waals surface area contributed by atoms with Gasteiger partial charge in [0.15, 0.2) is 0 Å². The van der Waals surface area contributed by atoms with Crippen LogP contribution in [0, 0.1) is 5.82 Å². The predicted molar refractivity (Wildman–Crippen MR) is 109 cm³/mol. The van der Waals surface area contributed by atoms with E-state index in [9.17, 15) is 14.0 Å². The Bertz CT molecular complexity index is 837. The van der Waals surface area contributed by atoms with E-state index in [-0.39, 0.29) is 36.1 Å². The predicted octanol–water partition coefficient (Wildman–Crippen LogP) is 1.80. The third-order valence-corrected chi connectivity index (χ3v) is 5.99. The molecule has 9 heteroatoms. The number of carbonyl (C=O) groups excluding carboxylic acids is 2. The van der Waals surface area contributed by atoms with Gasteiger partial charge in [0.2, 0.25) is 5.91 Å². The second-order valence-electron chi connectivity index (χ2n) is 7.05. The molecule has 2 heterocycles. The van der Waals surface area contributed by atoms with Gasteiger partial charge in [-0.1, -0.05) is 0 Å². The zero-order valence-electron chi connectivity index (χ0n) is 16.2. The van der Waals surface area contributed by atoms with Crippen LogP contribution in [0.5, 0.6) is 0 Å². The van der Waals surface area contributed by atoms with Crippen molar-refractivity contribution in [1.82, 2.24) is 20.0 Å². The van der Waals surface area contributed by atoms with Crippen molar-refractivity contribution < 1.29 is 14.0 Å². The molecular formula is C20H24FN5O2S. The van der Waals surface area contributed by atoms with E-state index in [0.29, 0.717) is 31.0 Å². The topological polar surface area (TPSA) is 92.4 Å². The largest absolute Gasteiger partial charge is 0.339 e. The summed E-state index contributed by atoms with van der Waals surface area (Å²) in [5, 5.41) is 7.44. The quantitative estimate of drug-likeness (QED) is 0.721. The lowest BCUT2D eigenvalue weighted by molar-refractivity contribution is -0.133. The Morgan fingerprint density at radius 1 is 1.24 bits per heavy atom. The number of hydrogen-bond donors (Lipinski definition) is 1. The fourth-order valence-corrected chi connectivity index (χ4v) is 4.07. The lowest BCUT2D eigenvalue weighted by Gasteiger charge is -2.40. The molecule has 29 heavy (non-hydrogen) atoms. The zero-order chi connectivity index (χ0) is 20.8. The lowest BCUT2D eigenvalue weighted by Crippen LogP contribution is -2.56. The third-order valence-electron chi connectivity index (χ3n) is 4.79. The van der Waals surface area contributed by atoms with Crippen molar-refractivity contribution in [3.05, 3.63) is 54.1 Å². The second kappa shape index (κ2) is 9.80. The molecule has 2 atom stereocenters. The highest BCUT2D eigenvalue weighted by atomic mass is 32.2. The molecule has 1 fully saturated rings. The summed E-state index contributed by atoms with van der Waals surface area (Å²) in [5.41, 5.74) is 6.62. The Hall–Kier alpha value is -2.52. The van der Waals surface area contributed by atoms with E-state index < -0.39 is 0 Å². The number of aromatic nitrogens is 2. The Kier molecular flexibility index (Phi) is 7.16. The molecule has 1 aliphatic rings. The summed E-state index contributed by atoms with van der Waals surface area (Å²) in [6.07, 6.45) is 3.18. The van der Waals surface area contributed by atoms with Crippen LogP contribution in [0.25, 0.3) is 0 Å². The Morgan fingerprint density at radius 3 is 2.66 bits per heavy atom. The third kappa shape index (κ3) is 5.74. The highest BCUT2D eigenvalue weighted by molar-refractivity contribution is 7.99. The van der Waals surface area contributed by atoms with E-state index in [1.165, 1.54) is 36.3 Å². The Labute approximate surface area is 173 Å². The minimum atomic E-state index is -0.296. The minimum absolute atomic E-state index is 0.0123. The molecule has 1 aromatic carbocycles. The minimum Gasteiger partial charge on any atom is -0.339 e. The highest BCUT2D eigenvalue weighted by Gasteiger charge is 2.30. The molecule has 0 aliphatic carbocycles. The summed E-state index contributed by atoms with van der Waals surface area (Å²) in [5.74, 6) is 0.176. The molecule has 2 amide bonds. The maximum Gasteiger partial charge on any atom is 0.255 e. The van der Waals surface area contributed by atoms with Crippen molar-refractivity contribution in [2.45, 2.75) is 30.3 Å². The number of halogens is 1. The molecule has 0 unspecified atom stereocenters. The summed E-state index contributed by atoms with van der Waals surface area (Å²) in [6, 6.07) is 7.45. The maximum absolute atomic E-state index is 13.0. The number of nitrogens with two attached hydrogens (primary N) is 1. The number of rotatable bonds is 6. The molecule has 0 spiro atoms. The number of nitrogens with zero attached hydrogens (tertiary/aromatic N) is 4. The Balaban J connectivity index is 1.47. The Morgan fingerprint density at radius 2 is 2.00 bits per heavy atom. The van der Waals surface area contributed by atoms with Gasteiger partial charge in [0, 0.05) is 48.8 Å². The highest BCUT2D eigenvalue weighted by Crippen LogP contribution is 2.20. The summed E-state index contributed by atoms with van der Waals surface area (Å²) < 4.78 is 13.0. The monoisotopic (exact) mass is 417 g/mol. The van der Waals surface area contributed by atoms with Crippen LogP contribution in [-0.4, -0.2) is 69.3 Å². The van der Waals surface area contributed by atoms with E-state index in [0.717, 1.165) is 4.90 Å². The van der Waals surface area contributed by atoms with Gasteiger partial charge in [0.1, 0.15) is 5.82 Å². The van der Waals surface area contributed by atoms with Crippen molar-refractivity contribution >= 4 is 23.6 Å². The van der Waals surface area contributed by atoms with Gasteiger partial charge in [-0.3, -0.25) is 9.59 Å². The van der Waals surface area contributed by atoms with Crippen LogP contribution in [0.3, 0.4) is 0 Å². The average Bonchev–Trinajstić information content (AvgIpc) is 2.73. The van der Waals surface area contributed by atoms with Gasteiger partial charge in [-0.2, -0.15) is 10.2 Å². The van der Waals surface area contributed by atoms with Crippen molar-refractivity contribution in [3.8, 4) is 0 Å². The van der Waals surface area contributed by atoms with E-state index in [4.69, 9.17) is 5.73 Å². The van der Waals surface area contributed by atoms with Crippen LogP contribution in [0.1, 0.15) is 23.7 Å². The fraction of sp³-hybridized carbons (Fsp3) is 0.400. The molecule has 154 valence electrons. The second-order valence-corrected chi connectivity index (χ2v) is 8.14. The zero-order valence-corrected chi connectivity index (χ0v) is 17.0. The fourth-order valence-electron chi connectivity index (χ4n) is 3.22. The molecule has 1 saturated heterocycles. The number of carbonyl (C=O) groups is 2. The van der Waals surface area contributed by atoms with Crippen molar-refractivity contribution in [2.75, 3.05) is 25.4 Å². The van der Waals surface area contributed by atoms with Crippen LogP contribution in [0.2, 0.25) is 0 Å². The molecule has 2 N–H and O–H groups in total. The van der Waals surface area contributed by atoms with E-state index >= 15 is 0 Å². The van der Waals surface area contributed by atoms with Gasteiger partial charge < -0.3 is 15.5 Å². The molecular weight excluding hydrogens is 393 g/mol. The van der Waals surface area contributed by atoms with E-state index in [1.54, 1.807) is 28.0 Å². The summed E-state index contributed by atoms with van der Waals surface area (Å²) in [4.78, 5) is 29.7. The lowest BCUT2D eigenvalue weighted by atomic mass is 10.1. The van der Waals surface area contributed by atoms with Crippen molar-refractivity contribution in [2.24, 2.45) is 5.73 Å². The normalized spacial score (nSPS) is 17.8. The van der Waals surface area contributed by atoms with Gasteiger partial charge in [-0.25, -0.2) is 4.39 Å². The number of piperazine rings is 1. The number of hydrogen-bond acceptors (Lipinski definition) is 6. The maximum atomic E-state index is 13.0. The standard InChI is InChI=1S/C20H24FN5O2S/c1-14-12-25(8-9-26(14)20(28)15-6-7-23-24-11-15)19(27)10-17(22)13-29-18-4-2-16(21)3-5-18/h2-7,11,14,17H,8-10,12-13,22H2,1H3/t14-,17-/m0/s1. The van der Waals surface area contributed by atoms with Crippen LogP contribution in [-0.2, 0) is 4.79 Å². The molecule has 3 rings (SSSR count). The molecule has 7 nitrogen and oxygen atoms in total. The van der Waals surface area contributed by atoms with E-state index in [2.05, 4.69) is 10.2 Å². The van der Waals surface area contributed by atoms with Crippen LogP contribution in [0.4, 0.5) is 4.39 Å². The molecule has 0 bridgehead atoms. The van der Waals surface area contributed by atoms with Gasteiger partial charge >= 0.3 is 0 Å². The van der Waals surface area contributed by atoms with Crippen LogP contribution >= 0.6 is 11.8 Å². The summed E-state index contributed by atoms with van der Waals surface area (Å²) in [6.45, 7) is 3.34. The van der Waals surface area contributed by atoms with Crippen molar-refractivity contribution in [1.29, 1.82) is 0 Å². The first-order valence-electron chi connectivity index (χ1n) is 9.43. The van der Waals surface area contributed by atoms with Crippen LogP contribution < -0.4 is 5.73 Å². The number of amides is 2. The number of benzene rings is 1.